The molecule has 4 nitrogen and oxygen atoms in total. The molecule has 3 rings (SSSR count). The van der Waals surface area contributed by atoms with Crippen LogP contribution in [0.15, 0.2) is 60.9 Å². The van der Waals surface area contributed by atoms with Crippen molar-refractivity contribution in [1.29, 1.82) is 0 Å². The van der Waals surface area contributed by atoms with Gasteiger partial charge in [-0.3, -0.25) is 0 Å². The Labute approximate surface area is 133 Å². The summed E-state index contributed by atoms with van der Waals surface area (Å²) < 4.78 is 19.7. The van der Waals surface area contributed by atoms with Crippen LogP contribution in [0, 0.1) is 5.82 Å². The van der Waals surface area contributed by atoms with Crippen LogP contribution < -0.4 is 0 Å². The van der Waals surface area contributed by atoms with Gasteiger partial charge < -0.3 is 9.30 Å². The Bertz CT molecular complexity index is 825. The van der Waals surface area contributed by atoms with Gasteiger partial charge in [0.2, 0.25) is 0 Å². The maximum absolute atomic E-state index is 13.1. The fourth-order valence-corrected chi connectivity index (χ4v) is 2.41. The van der Waals surface area contributed by atoms with Crippen molar-refractivity contribution in [1.82, 2.24) is 9.55 Å². The molecule has 0 saturated carbocycles. The van der Waals surface area contributed by atoms with E-state index in [4.69, 9.17) is 4.74 Å². The van der Waals surface area contributed by atoms with Crippen LogP contribution in [0.25, 0.3) is 11.4 Å². The van der Waals surface area contributed by atoms with E-state index in [9.17, 15) is 9.18 Å². The Morgan fingerprint density at radius 2 is 2.00 bits per heavy atom. The van der Waals surface area contributed by atoms with Gasteiger partial charge in [0.15, 0.2) is 0 Å². The van der Waals surface area contributed by atoms with Crippen molar-refractivity contribution in [2.45, 2.75) is 6.54 Å². The van der Waals surface area contributed by atoms with Gasteiger partial charge in [0.05, 0.1) is 12.7 Å². The molecule has 5 heteroatoms. The van der Waals surface area contributed by atoms with E-state index in [1.165, 1.54) is 19.2 Å². The van der Waals surface area contributed by atoms with Crippen molar-refractivity contribution in [3.63, 3.8) is 0 Å². The highest BCUT2D eigenvalue weighted by Crippen LogP contribution is 2.19. The summed E-state index contributed by atoms with van der Waals surface area (Å²) in [7, 11) is 1.36. The molecule has 0 amide bonds. The quantitative estimate of drug-likeness (QED) is 0.693. The van der Waals surface area contributed by atoms with Gasteiger partial charge in [0.25, 0.3) is 0 Å². The summed E-state index contributed by atoms with van der Waals surface area (Å²) in [6.45, 7) is 0.553. The number of aromatic nitrogens is 2. The third kappa shape index (κ3) is 3.29. The second-order valence-electron chi connectivity index (χ2n) is 5.08. The Morgan fingerprint density at radius 3 is 2.74 bits per heavy atom. The maximum atomic E-state index is 13.1. The minimum absolute atomic E-state index is 0.280. The van der Waals surface area contributed by atoms with E-state index < -0.39 is 0 Å². The Morgan fingerprint density at radius 1 is 1.22 bits per heavy atom. The summed E-state index contributed by atoms with van der Waals surface area (Å²) in [6.07, 6.45) is 3.55. The maximum Gasteiger partial charge on any atom is 0.337 e. The fourth-order valence-electron chi connectivity index (χ4n) is 2.41. The number of imidazole rings is 1. The SMILES string of the molecule is COC(=O)c1cccc(Cn2ccnc2-c2ccc(F)cc2)c1. The average Bonchev–Trinajstić information content (AvgIpc) is 3.03. The van der Waals surface area contributed by atoms with Crippen molar-refractivity contribution in [3.05, 3.63) is 77.9 Å². The van der Waals surface area contributed by atoms with Crippen molar-refractivity contribution in [2.75, 3.05) is 7.11 Å². The molecular weight excluding hydrogens is 295 g/mol. The van der Waals surface area contributed by atoms with Gasteiger partial charge in [-0.1, -0.05) is 12.1 Å². The Kier molecular flexibility index (Phi) is 4.19. The molecule has 2 aromatic carbocycles. The smallest absolute Gasteiger partial charge is 0.337 e. The van der Waals surface area contributed by atoms with E-state index in [2.05, 4.69) is 4.98 Å². The number of hydrogen-bond acceptors (Lipinski definition) is 3. The molecule has 1 heterocycles. The molecule has 0 saturated heterocycles. The van der Waals surface area contributed by atoms with Gasteiger partial charge in [-0.2, -0.15) is 0 Å². The van der Waals surface area contributed by atoms with Gasteiger partial charge in [-0.25, -0.2) is 14.2 Å². The minimum atomic E-state index is -0.365. The van der Waals surface area contributed by atoms with Crippen LogP contribution in [-0.2, 0) is 11.3 Å². The number of ether oxygens (including phenoxy) is 1. The first-order valence-electron chi connectivity index (χ1n) is 7.11. The molecule has 23 heavy (non-hydrogen) atoms. The fraction of sp³-hybridized carbons (Fsp3) is 0.111. The average molecular weight is 310 g/mol. The first-order chi connectivity index (χ1) is 11.2. The topological polar surface area (TPSA) is 44.1 Å². The van der Waals surface area contributed by atoms with E-state index in [0.29, 0.717) is 12.1 Å². The van der Waals surface area contributed by atoms with Crippen LogP contribution in [-0.4, -0.2) is 22.6 Å². The number of nitrogens with zero attached hydrogens (tertiary/aromatic N) is 2. The van der Waals surface area contributed by atoms with E-state index in [-0.39, 0.29) is 11.8 Å². The Balaban J connectivity index is 1.89. The third-order valence-electron chi connectivity index (χ3n) is 3.52. The number of carbonyl (C=O) groups excluding carboxylic acids is 1. The monoisotopic (exact) mass is 310 g/mol. The molecule has 0 bridgehead atoms. The number of methoxy groups -OCH3 is 1. The standard InChI is InChI=1S/C18H15FN2O2/c1-23-18(22)15-4-2-3-13(11-15)12-21-10-9-20-17(21)14-5-7-16(19)8-6-14/h2-11H,12H2,1H3. The third-order valence-corrected chi connectivity index (χ3v) is 3.52. The van der Waals surface area contributed by atoms with Crippen molar-refractivity contribution < 1.29 is 13.9 Å². The summed E-state index contributed by atoms with van der Waals surface area (Å²) in [5, 5.41) is 0. The molecule has 116 valence electrons. The first-order valence-corrected chi connectivity index (χ1v) is 7.11. The predicted molar refractivity (Wildman–Crippen MR) is 84.5 cm³/mol. The first kappa shape index (κ1) is 15.0. The van der Waals surface area contributed by atoms with E-state index in [0.717, 1.165) is 17.0 Å². The summed E-state index contributed by atoms with van der Waals surface area (Å²) >= 11 is 0. The lowest BCUT2D eigenvalue weighted by Crippen LogP contribution is -2.05. The van der Waals surface area contributed by atoms with Gasteiger partial charge in [-0.05, 0) is 42.0 Å². The molecular formula is C18H15FN2O2. The van der Waals surface area contributed by atoms with Gasteiger partial charge in [-0.15, -0.1) is 0 Å². The number of benzene rings is 2. The molecule has 3 aromatic rings. The highest BCUT2D eigenvalue weighted by atomic mass is 19.1. The van der Waals surface area contributed by atoms with Crippen LogP contribution in [0.5, 0.6) is 0 Å². The van der Waals surface area contributed by atoms with Gasteiger partial charge in [0, 0.05) is 24.5 Å². The van der Waals surface area contributed by atoms with E-state index in [1.54, 1.807) is 30.5 Å². The lowest BCUT2D eigenvalue weighted by atomic mass is 10.1. The number of hydrogen-bond donors (Lipinski definition) is 0. The zero-order chi connectivity index (χ0) is 16.2. The minimum Gasteiger partial charge on any atom is -0.465 e. The van der Waals surface area contributed by atoms with Crippen LogP contribution in [0.3, 0.4) is 0 Å². The second-order valence-corrected chi connectivity index (χ2v) is 5.08. The highest BCUT2D eigenvalue weighted by Gasteiger charge is 2.09. The van der Waals surface area contributed by atoms with Crippen LogP contribution in [0.1, 0.15) is 15.9 Å². The molecule has 0 unspecified atom stereocenters. The largest absolute Gasteiger partial charge is 0.465 e. The highest BCUT2D eigenvalue weighted by molar-refractivity contribution is 5.89. The molecule has 1 aromatic heterocycles. The lowest BCUT2D eigenvalue weighted by Gasteiger charge is -2.09. The van der Waals surface area contributed by atoms with Crippen molar-refractivity contribution in [3.8, 4) is 11.4 Å². The zero-order valence-electron chi connectivity index (χ0n) is 12.6. The van der Waals surface area contributed by atoms with E-state index >= 15 is 0 Å². The summed E-state index contributed by atoms with van der Waals surface area (Å²) in [4.78, 5) is 15.9. The van der Waals surface area contributed by atoms with Crippen LogP contribution in [0.4, 0.5) is 4.39 Å². The number of rotatable bonds is 4. The zero-order valence-corrected chi connectivity index (χ0v) is 12.6. The normalized spacial score (nSPS) is 10.5. The molecule has 0 spiro atoms. The van der Waals surface area contributed by atoms with Gasteiger partial charge in [0.1, 0.15) is 11.6 Å². The lowest BCUT2D eigenvalue weighted by molar-refractivity contribution is 0.0600. The molecule has 0 N–H and O–H groups in total. The van der Waals surface area contributed by atoms with Crippen molar-refractivity contribution >= 4 is 5.97 Å². The predicted octanol–water partition coefficient (Wildman–Crippen LogP) is 3.52. The van der Waals surface area contributed by atoms with Crippen LogP contribution in [0.2, 0.25) is 0 Å². The molecule has 0 atom stereocenters. The molecule has 0 aliphatic heterocycles. The Hall–Kier alpha value is -2.95. The molecule has 0 aliphatic carbocycles. The molecule has 0 radical (unpaired) electrons. The molecule has 0 aliphatic rings. The van der Waals surface area contributed by atoms with Gasteiger partial charge >= 0.3 is 5.97 Å². The number of esters is 1. The number of carbonyl (C=O) groups is 1. The summed E-state index contributed by atoms with van der Waals surface area (Å²) in [5.74, 6) is 0.0994. The summed E-state index contributed by atoms with van der Waals surface area (Å²) in [6, 6.07) is 13.5. The van der Waals surface area contributed by atoms with Crippen LogP contribution >= 0.6 is 0 Å². The second kappa shape index (κ2) is 6.44. The summed E-state index contributed by atoms with van der Waals surface area (Å²) in [5.41, 5.74) is 2.29. The van der Waals surface area contributed by atoms with Crippen molar-refractivity contribution in [2.24, 2.45) is 0 Å². The van der Waals surface area contributed by atoms with E-state index in [1.807, 2.05) is 22.9 Å². The number of halogens is 1. The molecule has 0 fully saturated rings.